The number of ether oxygens (including phenoxy) is 2. The predicted molar refractivity (Wildman–Crippen MR) is 106 cm³/mol. The molecule has 1 unspecified atom stereocenters. The fraction of sp³-hybridized carbons (Fsp3) is 0.409. The van der Waals surface area contributed by atoms with Crippen LogP contribution in [0.2, 0.25) is 0 Å². The first-order valence-corrected chi connectivity index (χ1v) is 9.59. The van der Waals surface area contributed by atoms with Crippen LogP contribution in [-0.4, -0.2) is 43.2 Å². The Hall–Kier alpha value is -2.53. The molecule has 2 aromatic rings. The maximum absolute atomic E-state index is 12.1. The van der Waals surface area contributed by atoms with Gasteiger partial charge in [-0.15, -0.1) is 0 Å². The number of fused-ring (bicyclic) bond motifs is 1. The second-order valence-corrected chi connectivity index (χ2v) is 6.84. The first-order valence-electron chi connectivity index (χ1n) is 9.59. The van der Waals surface area contributed by atoms with Crippen LogP contribution in [0.15, 0.2) is 48.5 Å². The lowest BCUT2D eigenvalue weighted by Crippen LogP contribution is -2.45. The molecule has 1 atom stereocenters. The zero-order chi connectivity index (χ0) is 19.1. The zero-order valence-electron chi connectivity index (χ0n) is 16.1. The lowest BCUT2D eigenvalue weighted by atomic mass is 9.99. The molecule has 1 aliphatic heterocycles. The van der Waals surface area contributed by atoms with Gasteiger partial charge >= 0.3 is 0 Å². The molecule has 5 heteroatoms. The molecule has 2 aromatic carbocycles. The summed E-state index contributed by atoms with van der Waals surface area (Å²) in [7, 11) is 0. The van der Waals surface area contributed by atoms with E-state index in [1.54, 1.807) is 0 Å². The second-order valence-electron chi connectivity index (χ2n) is 6.84. The summed E-state index contributed by atoms with van der Waals surface area (Å²) in [5.74, 6) is 1.36. The van der Waals surface area contributed by atoms with Crippen LogP contribution in [0.5, 0.6) is 11.5 Å². The summed E-state index contributed by atoms with van der Waals surface area (Å²) in [5, 5.41) is 2.98. The van der Waals surface area contributed by atoms with Gasteiger partial charge in [0.25, 0.3) is 5.91 Å². The number of nitrogens with zero attached hydrogens (tertiary/aromatic N) is 1. The van der Waals surface area contributed by atoms with Crippen LogP contribution >= 0.6 is 0 Å². The molecule has 27 heavy (non-hydrogen) atoms. The molecule has 0 fully saturated rings. The predicted octanol–water partition coefficient (Wildman–Crippen LogP) is 3.03. The number of hydrogen-bond donors (Lipinski definition) is 1. The molecule has 3 rings (SSSR count). The van der Waals surface area contributed by atoms with Crippen LogP contribution in [-0.2, 0) is 17.8 Å². The van der Waals surface area contributed by atoms with E-state index in [0.29, 0.717) is 18.9 Å². The number of carbonyl (C=O) groups excluding carboxylic acids is 1. The number of hydrogen-bond acceptors (Lipinski definition) is 4. The van der Waals surface area contributed by atoms with Crippen LogP contribution in [0.3, 0.4) is 0 Å². The van der Waals surface area contributed by atoms with E-state index in [4.69, 9.17) is 9.47 Å². The Morgan fingerprint density at radius 1 is 1.07 bits per heavy atom. The van der Waals surface area contributed by atoms with Crippen molar-refractivity contribution in [2.45, 2.75) is 32.9 Å². The maximum Gasteiger partial charge on any atom is 0.257 e. The molecule has 144 valence electrons. The van der Waals surface area contributed by atoms with Crippen molar-refractivity contribution in [3.05, 3.63) is 59.7 Å². The van der Waals surface area contributed by atoms with Crippen molar-refractivity contribution >= 4 is 5.91 Å². The molecule has 0 radical (unpaired) electrons. The summed E-state index contributed by atoms with van der Waals surface area (Å²) >= 11 is 0. The minimum Gasteiger partial charge on any atom is -0.494 e. The molecular formula is C22H28N2O3. The largest absolute Gasteiger partial charge is 0.494 e. The average molecular weight is 368 g/mol. The summed E-state index contributed by atoms with van der Waals surface area (Å²) in [6.45, 7) is 7.33. The van der Waals surface area contributed by atoms with Gasteiger partial charge in [-0.3, -0.25) is 9.69 Å². The van der Waals surface area contributed by atoms with Gasteiger partial charge in [-0.25, -0.2) is 0 Å². The first-order chi connectivity index (χ1) is 13.2. The lowest BCUT2D eigenvalue weighted by molar-refractivity contribution is -0.123. The Morgan fingerprint density at radius 3 is 2.44 bits per heavy atom. The summed E-state index contributed by atoms with van der Waals surface area (Å²) in [6, 6.07) is 16.2. The van der Waals surface area contributed by atoms with Crippen molar-refractivity contribution in [3.63, 3.8) is 0 Å². The van der Waals surface area contributed by atoms with E-state index in [9.17, 15) is 4.79 Å². The Morgan fingerprint density at radius 2 is 1.74 bits per heavy atom. The molecule has 1 N–H and O–H groups in total. The monoisotopic (exact) mass is 368 g/mol. The normalized spacial score (nSPS) is 14.9. The third-order valence-electron chi connectivity index (χ3n) is 4.88. The van der Waals surface area contributed by atoms with Crippen LogP contribution in [0.1, 0.15) is 25.0 Å². The highest BCUT2D eigenvalue weighted by Gasteiger charge is 2.20. The highest BCUT2D eigenvalue weighted by Crippen LogP contribution is 2.20. The van der Waals surface area contributed by atoms with Crippen molar-refractivity contribution in [3.8, 4) is 11.5 Å². The van der Waals surface area contributed by atoms with Crippen molar-refractivity contribution in [2.75, 3.05) is 26.3 Å². The van der Waals surface area contributed by atoms with Gasteiger partial charge in [-0.2, -0.15) is 0 Å². The molecule has 0 spiro atoms. The summed E-state index contributed by atoms with van der Waals surface area (Å²) in [5.41, 5.74) is 2.83. The first kappa shape index (κ1) is 19.2. The van der Waals surface area contributed by atoms with Gasteiger partial charge in [0, 0.05) is 25.7 Å². The standard InChI is InChI=1S/C22H28N2O3/c1-3-26-20-8-10-21(11-9-20)27-16-22(25)23-14-17(2)24-13-12-18-6-4-5-7-19(18)15-24/h4-11,17H,3,12-16H2,1-2H3,(H,23,25). The maximum atomic E-state index is 12.1. The molecule has 0 saturated heterocycles. The number of benzene rings is 2. The van der Waals surface area contributed by atoms with Crippen LogP contribution in [0, 0.1) is 0 Å². The van der Waals surface area contributed by atoms with Gasteiger partial charge in [0.2, 0.25) is 0 Å². The van der Waals surface area contributed by atoms with Gasteiger partial charge in [-0.1, -0.05) is 24.3 Å². The minimum absolute atomic E-state index is 0.0174. The summed E-state index contributed by atoms with van der Waals surface area (Å²) in [4.78, 5) is 14.5. The molecule has 0 aliphatic carbocycles. The highest BCUT2D eigenvalue weighted by atomic mass is 16.5. The average Bonchev–Trinajstić information content (AvgIpc) is 2.71. The van der Waals surface area contributed by atoms with E-state index in [0.717, 1.165) is 25.3 Å². The SMILES string of the molecule is CCOc1ccc(OCC(=O)NCC(C)N2CCc3ccccc3C2)cc1. The minimum atomic E-state index is -0.104. The summed E-state index contributed by atoms with van der Waals surface area (Å²) in [6.07, 6.45) is 1.06. The zero-order valence-corrected chi connectivity index (χ0v) is 16.1. The Bertz CT molecular complexity index is 745. The van der Waals surface area contributed by atoms with Crippen LogP contribution < -0.4 is 14.8 Å². The molecule has 0 saturated carbocycles. The third-order valence-corrected chi connectivity index (χ3v) is 4.88. The molecular weight excluding hydrogens is 340 g/mol. The second kappa shape index (κ2) is 9.42. The fourth-order valence-electron chi connectivity index (χ4n) is 3.28. The quantitative estimate of drug-likeness (QED) is 0.778. The third kappa shape index (κ3) is 5.47. The Kier molecular flexibility index (Phi) is 6.71. The number of rotatable bonds is 8. The molecule has 0 bridgehead atoms. The topological polar surface area (TPSA) is 50.8 Å². The smallest absolute Gasteiger partial charge is 0.257 e. The van der Waals surface area contributed by atoms with E-state index < -0.39 is 0 Å². The van der Waals surface area contributed by atoms with Gasteiger partial charge < -0.3 is 14.8 Å². The van der Waals surface area contributed by atoms with E-state index in [1.807, 2.05) is 31.2 Å². The molecule has 1 aliphatic rings. The van der Waals surface area contributed by atoms with Crippen LogP contribution in [0.4, 0.5) is 0 Å². The van der Waals surface area contributed by atoms with Gasteiger partial charge in [0.15, 0.2) is 6.61 Å². The number of amides is 1. The molecule has 5 nitrogen and oxygen atoms in total. The van der Waals surface area contributed by atoms with Crippen molar-refractivity contribution in [1.82, 2.24) is 10.2 Å². The van der Waals surface area contributed by atoms with Gasteiger partial charge in [-0.05, 0) is 55.7 Å². The van der Waals surface area contributed by atoms with Crippen molar-refractivity contribution in [2.24, 2.45) is 0 Å². The number of carbonyl (C=O) groups is 1. The Labute approximate surface area is 161 Å². The molecule has 0 aromatic heterocycles. The molecule has 1 heterocycles. The fourth-order valence-corrected chi connectivity index (χ4v) is 3.28. The van der Waals surface area contributed by atoms with E-state index in [1.165, 1.54) is 11.1 Å². The van der Waals surface area contributed by atoms with Gasteiger partial charge in [0.05, 0.1) is 6.61 Å². The van der Waals surface area contributed by atoms with Gasteiger partial charge in [0.1, 0.15) is 11.5 Å². The highest BCUT2D eigenvalue weighted by molar-refractivity contribution is 5.77. The van der Waals surface area contributed by atoms with E-state index in [-0.39, 0.29) is 18.6 Å². The lowest BCUT2D eigenvalue weighted by Gasteiger charge is -2.33. The van der Waals surface area contributed by atoms with Crippen LogP contribution in [0.25, 0.3) is 0 Å². The van der Waals surface area contributed by atoms with E-state index in [2.05, 4.69) is 41.4 Å². The Balaban J connectivity index is 1.40. The number of nitrogens with one attached hydrogen (secondary N) is 1. The molecule has 1 amide bonds. The summed E-state index contributed by atoms with van der Waals surface area (Å²) < 4.78 is 10.9. The van der Waals surface area contributed by atoms with Crippen molar-refractivity contribution < 1.29 is 14.3 Å². The van der Waals surface area contributed by atoms with E-state index >= 15 is 0 Å². The van der Waals surface area contributed by atoms with Crippen molar-refractivity contribution in [1.29, 1.82) is 0 Å².